The molecule has 3 rings (SSSR count). The summed E-state index contributed by atoms with van der Waals surface area (Å²) in [5.41, 5.74) is 2.10. The largest absolute Gasteiger partial charge is 0.322 e. The Morgan fingerprint density at radius 3 is 2.76 bits per heavy atom. The Morgan fingerprint density at radius 2 is 2.04 bits per heavy atom. The van der Waals surface area contributed by atoms with Gasteiger partial charge in [0.05, 0.1) is 6.04 Å². The summed E-state index contributed by atoms with van der Waals surface area (Å²) in [6, 6.07) is 13.3. The number of halogens is 1. The van der Waals surface area contributed by atoms with Crippen molar-refractivity contribution in [1.29, 1.82) is 0 Å². The minimum Gasteiger partial charge on any atom is -0.321 e. The highest BCUT2D eigenvalue weighted by Crippen LogP contribution is 2.26. The number of nitrogens with one attached hydrogen (secondary N) is 1. The van der Waals surface area contributed by atoms with Crippen molar-refractivity contribution in [2.24, 2.45) is 0 Å². The second-order valence-electron chi connectivity index (χ2n) is 5.66. The quantitative estimate of drug-likeness (QED) is 0.701. The molecule has 0 bridgehead atoms. The van der Waals surface area contributed by atoms with E-state index in [9.17, 15) is 9.18 Å². The topological polar surface area (TPSA) is 45.2 Å². The number of carbonyl (C=O) groups is 1. The Labute approximate surface area is 150 Å². The summed E-state index contributed by atoms with van der Waals surface area (Å²) < 4.78 is 13.9. The Kier molecular flexibility index (Phi) is 5.09. The van der Waals surface area contributed by atoms with E-state index in [1.807, 2.05) is 29.6 Å². The summed E-state index contributed by atoms with van der Waals surface area (Å²) >= 11 is 1.54. The van der Waals surface area contributed by atoms with E-state index in [1.54, 1.807) is 38.4 Å². The van der Waals surface area contributed by atoms with E-state index >= 15 is 0 Å². The van der Waals surface area contributed by atoms with Crippen molar-refractivity contribution in [2.75, 3.05) is 12.4 Å². The second-order valence-corrected chi connectivity index (χ2v) is 6.55. The van der Waals surface area contributed by atoms with Gasteiger partial charge in [-0.15, -0.1) is 11.3 Å². The molecule has 128 valence electrons. The van der Waals surface area contributed by atoms with E-state index in [4.69, 9.17) is 0 Å². The molecule has 0 radical (unpaired) electrons. The maximum atomic E-state index is 13.9. The van der Waals surface area contributed by atoms with Gasteiger partial charge in [0.25, 0.3) is 0 Å². The number of amides is 2. The second kappa shape index (κ2) is 7.44. The number of thiazole rings is 1. The molecule has 1 heterocycles. The van der Waals surface area contributed by atoms with Crippen LogP contribution >= 0.6 is 11.3 Å². The number of hydrogen-bond donors (Lipinski definition) is 1. The van der Waals surface area contributed by atoms with Crippen molar-refractivity contribution in [3.63, 3.8) is 0 Å². The number of carbonyl (C=O) groups excluding carboxylic acids is 1. The minimum absolute atomic E-state index is 0.299. The highest BCUT2D eigenvalue weighted by atomic mass is 32.1. The molecule has 1 unspecified atom stereocenters. The third-order valence-corrected chi connectivity index (χ3v) is 4.87. The van der Waals surface area contributed by atoms with E-state index in [0.29, 0.717) is 11.3 Å². The molecule has 2 aromatic carbocycles. The van der Waals surface area contributed by atoms with Crippen LogP contribution in [0.5, 0.6) is 0 Å². The zero-order valence-corrected chi connectivity index (χ0v) is 14.8. The lowest BCUT2D eigenvalue weighted by molar-refractivity contribution is 0.207. The lowest BCUT2D eigenvalue weighted by Crippen LogP contribution is -2.34. The van der Waals surface area contributed by atoms with Crippen molar-refractivity contribution < 1.29 is 9.18 Å². The first-order valence-corrected chi connectivity index (χ1v) is 8.72. The Hall–Kier alpha value is -2.73. The van der Waals surface area contributed by atoms with Crippen LogP contribution in [0.25, 0.3) is 10.6 Å². The standard InChI is InChI=1S/C19H18FN3OS/c1-13(16-8-3-4-9-17(16)20)23(2)19(24)22-15-7-5-6-14(12-15)18-21-10-11-25-18/h3-13H,1-2H3,(H,22,24). The van der Waals surface area contributed by atoms with Gasteiger partial charge in [0, 0.05) is 35.4 Å². The normalized spacial score (nSPS) is 11.8. The van der Waals surface area contributed by atoms with Crippen LogP contribution in [0, 0.1) is 5.82 Å². The lowest BCUT2D eigenvalue weighted by Gasteiger charge is -2.26. The van der Waals surface area contributed by atoms with Crippen LogP contribution in [0.1, 0.15) is 18.5 Å². The summed E-state index contributed by atoms with van der Waals surface area (Å²) in [4.78, 5) is 18.3. The van der Waals surface area contributed by atoms with E-state index in [2.05, 4.69) is 10.3 Å². The number of aromatic nitrogens is 1. The Morgan fingerprint density at radius 1 is 1.24 bits per heavy atom. The molecule has 4 nitrogen and oxygen atoms in total. The fourth-order valence-electron chi connectivity index (χ4n) is 2.51. The molecule has 1 atom stereocenters. The average Bonchev–Trinajstić information content (AvgIpc) is 3.16. The highest BCUT2D eigenvalue weighted by Gasteiger charge is 2.20. The molecule has 2 amide bonds. The molecule has 6 heteroatoms. The molecule has 0 aliphatic carbocycles. The van der Waals surface area contributed by atoms with Gasteiger partial charge in [-0.05, 0) is 25.1 Å². The maximum absolute atomic E-state index is 13.9. The number of hydrogen-bond acceptors (Lipinski definition) is 3. The summed E-state index contributed by atoms with van der Waals surface area (Å²) in [6.45, 7) is 1.80. The van der Waals surface area contributed by atoms with E-state index < -0.39 is 0 Å². The van der Waals surface area contributed by atoms with Gasteiger partial charge in [0.2, 0.25) is 0 Å². The SMILES string of the molecule is CC(c1ccccc1F)N(C)C(=O)Nc1cccc(-c2nccs2)c1. The predicted octanol–water partition coefficient (Wildman–Crippen LogP) is 5.17. The summed E-state index contributed by atoms with van der Waals surface area (Å²) in [6.07, 6.45) is 1.75. The monoisotopic (exact) mass is 355 g/mol. The Balaban J connectivity index is 1.74. The Bertz CT molecular complexity index is 867. The lowest BCUT2D eigenvalue weighted by atomic mass is 10.1. The van der Waals surface area contributed by atoms with Gasteiger partial charge >= 0.3 is 6.03 Å². The molecule has 0 saturated carbocycles. The molecule has 25 heavy (non-hydrogen) atoms. The summed E-state index contributed by atoms with van der Waals surface area (Å²) in [5, 5.41) is 5.66. The average molecular weight is 355 g/mol. The van der Waals surface area contributed by atoms with Gasteiger partial charge in [-0.25, -0.2) is 14.2 Å². The number of urea groups is 1. The number of anilines is 1. The molecule has 0 spiro atoms. The zero-order valence-electron chi connectivity index (χ0n) is 13.9. The van der Waals surface area contributed by atoms with E-state index in [0.717, 1.165) is 10.6 Å². The van der Waals surface area contributed by atoms with Crippen LogP contribution < -0.4 is 5.32 Å². The summed E-state index contributed by atoms with van der Waals surface area (Å²) in [5.74, 6) is -0.319. The van der Waals surface area contributed by atoms with Gasteiger partial charge in [-0.1, -0.05) is 30.3 Å². The molecule has 1 N–H and O–H groups in total. The first-order chi connectivity index (χ1) is 12.1. The van der Waals surface area contributed by atoms with Crippen LogP contribution in [-0.4, -0.2) is 23.0 Å². The van der Waals surface area contributed by atoms with Gasteiger partial charge in [-0.2, -0.15) is 0 Å². The molecular formula is C19H18FN3OS. The number of benzene rings is 2. The zero-order chi connectivity index (χ0) is 17.8. The van der Waals surface area contributed by atoms with Gasteiger partial charge in [0.15, 0.2) is 0 Å². The van der Waals surface area contributed by atoms with Crippen LogP contribution in [-0.2, 0) is 0 Å². The fourth-order valence-corrected chi connectivity index (χ4v) is 3.14. The van der Waals surface area contributed by atoms with Crippen LogP contribution in [0.15, 0.2) is 60.1 Å². The van der Waals surface area contributed by atoms with Gasteiger partial charge < -0.3 is 10.2 Å². The van der Waals surface area contributed by atoms with E-state index in [-0.39, 0.29) is 17.9 Å². The predicted molar refractivity (Wildman–Crippen MR) is 99.1 cm³/mol. The summed E-state index contributed by atoms with van der Waals surface area (Å²) in [7, 11) is 1.65. The molecule has 0 fully saturated rings. The molecule has 0 saturated heterocycles. The maximum Gasteiger partial charge on any atom is 0.322 e. The smallest absolute Gasteiger partial charge is 0.321 e. The van der Waals surface area contributed by atoms with Crippen molar-refractivity contribution >= 4 is 23.1 Å². The third kappa shape index (κ3) is 3.85. The molecule has 3 aromatic rings. The van der Waals surface area contributed by atoms with Crippen molar-refractivity contribution in [1.82, 2.24) is 9.88 Å². The van der Waals surface area contributed by atoms with Crippen LogP contribution in [0.4, 0.5) is 14.9 Å². The number of rotatable bonds is 4. The van der Waals surface area contributed by atoms with Crippen molar-refractivity contribution in [2.45, 2.75) is 13.0 Å². The first kappa shape index (κ1) is 17.1. The van der Waals surface area contributed by atoms with Crippen LogP contribution in [0.3, 0.4) is 0 Å². The molecular weight excluding hydrogens is 337 g/mol. The third-order valence-electron chi connectivity index (χ3n) is 4.05. The minimum atomic E-state index is -0.386. The number of nitrogens with zero attached hydrogens (tertiary/aromatic N) is 2. The van der Waals surface area contributed by atoms with Crippen molar-refractivity contribution in [3.8, 4) is 10.6 Å². The molecule has 1 aromatic heterocycles. The van der Waals surface area contributed by atoms with Gasteiger partial charge in [-0.3, -0.25) is 0 Å². The van der Waals surface area contributed by atoms with Gasteiger partial charge in [0.1, 0.15) is 10.8 Å². The van der Waals surface area contributed by atoms with E-state index in [1.165, 1.54) is 22.3 Å². The van der Waals surface area contributed by atoms with Crippen LogP contribution in [0.2, 0.25) is 0 Å². The van der Waals surface area contributed by atoms with Crippen molar-refractivity contribution in [3.05, 3.63) is 71.5 Å². The highest BCUT2D eigenvalue weighted by molar-refractivity contribution is 7.13. The fraction of sp³-hybridized carbons (Fsp3) is 0.158. The molecule has 0 aliphatic rings. The first-order valence-electron chi connectivity index (χ1n) is 7.84. The molecule has 0 aliphatic heterocycles.